The van der Waals surface area contributed by atoms with Gasteiger partial charge < -0.3 is 5.11 Å². The number of sulfonamides is 1. The molecule has 7 nitrogen and oxygen atoms in total. The first-order valence-corrected chi connectivity index (χ1v) is 8.51. The summed E-state index contributed by atoms with van der Waals surface area (Å²) in [6.45, 7) is -0.107. The van der Waals surface area contributed by atoms with Crippen molar-refractivity contribution in [1.82, 2.24) is 9.73 Å². The maximum absolute atomic E-state index is 12.9. The molecule has 8 heteroatoms. The number of aliphatic hydroxyl groups is 1. The van der Waals surface area contributed by atoms with E-state index in [0.29, 0.717) is 5.56 Å². The lowest BCUT2D eigenvalue weighted by Crippen LogP contribution is -2.43. The third-order valence-corrected chi connectivity index (χ3v) is 5.50. The molecule has 1 heterocycles. The molecule has 1 aliphatic heterocycles. The Kier molecular flexibility index (Phi) is 4.00. The van der Waals surface area contributed by atoms with Crippen LogP contribution >= 0.6 is 0 Å². The average molecular weight is 345 g/mol. The summed E-state index contributed by atoms with van der Waals surface area (Å²) in [4.78, 5) is 12.1. The molecule has 0 aliphatic carbocycles. The number of hydrogen-bond donors (Lipinski definition) is 3. The van der Waals surface area contributed by atoms with Crippen LogP contribution in [0.4, 0.5) is 0 Å². The number of nitrogens with zero attached hydrogens (tertiary/aromatic N) is 1. The molecule has 0 unspecified atom stereocenters. The van der Waals surface area contributed by atoms with Crippen molar-refractivity contribution in [2.75, 3.05) is 0 Å². The number of nitrogens with two attached hydrogens (primary N) is 1. The number of carbonyl (C=O) groups is 1. The molecule has 1 amide bonds. The molecular weight excluding hydrogens is 330 g/mol. The standard InChI is InChI=1S/C16H15N3O4S/c17-18-16(21)14-15(20)12-8-4-5-9-13(12)24(22,23)19(14)10-11-6-2-1-3-7-11/h1-9,20H,10,17H2,(H,18,21). The molecule has 2 aromatic rings. The van der Waals surface area contributed by atoms with Crippen molar-refractivity contribution in [2.45, 2.75) is 11.4 Å². The highest BCUT2D eigenvalue weighted by atomic mass is 32.2. The van der Waals surface area contributed by atoms with Crippen molar-refractivity contribution < 1.29 is 18.3 Å². The van der Waals surface area contributed by atoms with E-state index < -0.39 is 27.4 Å². The second kappa shape index (κ2) is 5.99. The van der Waals surface area contributed by atoms with E-state index in [4.69, 9.17) is 5.84 Å². The van der Waals surface area contributed by atoms with Crippen molar-refractivity contribution in [3.05, 3.63) is 71.4 Å². The SMILES string of the molecule is NNC(=O)C1=C(O)c2ccccc2S(=O)(=O)N1Cc1ccccc1. The van der Waals surface area contributed by atoms with Crippen molar-refractivity contribution in [3.8, 4) is 0 Å². The number of nitrogens with one attached hydrogen (secondary N) is 1. The zero-order valence-corrected chi connectivity index (χ0v) is 13.3. The van der Waals surface area contributed by atoms with Gasteiger partial charge in [0.25, 0.3) is 15.9 Å². The first-order chi connectivity index (χ1) is 11.5. The molecule has 1 aliphatic rings. The number of rotatable bonds is 3. The zero-order chi connectivity index (χ0) is 17.3. The van der Waals surface area contributed by atoms with Crippen molar-refractivity contribution >= 4 is 21.7 Å². The lowest BCUT2D eigenvalue weighted by atomic mass is 10.1. The van der Waals surface area contributed by atoms with E-state index in [-0.39, 0.29) is 17.0 Å². The number of hydrazine groups is 1. The second-order valence-electron chi connectivity index (χ2n) is 5.16. The smallest absolute Gasteiger partial charge is 0.286 e. The van der Waals surface area contributed by atoms with Crippen LogP contribution in [0.25, 0.3) is 5.76 Å². The molecule has 4 N–H and O–H groups in total. The van der Waals surface area contributed by atoms with Gasteiger partial charge in [-0.1, -0.05) is 42.5 Å². The first kappa shape index (κ1) is 16.0. The summed E-state index contributed by atoms with van der Waals surface area (Å²) in [5.74, 6) is 3.84. The van der Waals surface area contributed by atoms with Crippen LogP contribution in [0.2, 0.25) is 0 Å². The minimum Gasteiger partial charge on any atom is -0.505 e. The van der Waals surface area contributed by atoms with Crippen molar-refractivity contribution in [1.29, 1.82) is 0 Å². The maximum Gasteiger partial charge on any atom is 0.286 e. The molecule has 0 radical (unpaired) electrons. The molecule has 0 spiro atoms. The van der Waals surface area contributed by atoms with Gasteiger partial charge in [-0.2, -0.15) is 0 Å². The Balaban J connectivity index is 2.22. The Morgan fingerprint density at radius 3 is 2.38 bits per heavy atom. The lowest BCUT2D eigenvalue weighted by Gasteiger charge is -2.31. The van der Waals surface area contributed by atoms with Gasteiger partial charge in [0.1, 0.15) is 0 Å². The third-order valence-electron chi connectivity index (χ3n) is 3.70. The Bertz CT molecular complexity index is 923. The molecule has 24 heavy (non-hydrogen) atoms. The van der Waals surface area contributed by atoms with Crippen molar-refractivity contribution in [3.63, 3.8) is 0 Å². The molecule has 2 aromatic carbocycles. The predicted octanol–water partition coefficient (Wildman–Crippen LogP) is 1.11. The highest BCUT2D eigenvalue weighted by Gasteiger charge is 2.39. The number of hydrogen-bond acceptors (Lipinski definition) is 5. The van der Waals surface area contributed by atoms with Crippen LogP contribution in [0.5, 0.6) is 0 Å². The van der Waals surface area contributed by atoms with Crippen LogP contribution in [0.1, 0.15) is 11.1 Å². The predicted molar refractivity (Wildman–Crippen MR) is 87.5 cm³/mol. The summed E-state index contributed by atoms with van der Waals surface area (Å²) < 4.78 is 26.8. The summed E-state index contributed by atoms with van der Waals surface area (Å²) in [7, 11) is -4.02. The van der Waals surface area contributed by atoms with E-state index in [1.165, 1.54) is 12.1 Å². The quantitative estimate of drug-likeness (QED) is 0.438. The molecule has 0 bridgehead atoms. The van der Waals surface area contributed by atoms with Crippen LogP contribution in [-0.2, 0) is 21.4 Å². The maximum atomic E-state index is 12.9. The fourth-order valence-corrected chi connectivity index (χ4v) is 4.23. The van der Waals surface area contributed by atoms with Gasteiger partial charge in [-0.05, 0) is 17.7 Å². The topological polar surface area (TPSA) is 113 Å². The van der Waals surface area contributed by atoms with Crippen LogP contribution in [0.15, 0.2) is 65.2 Å². The van der Waals surface area contributed by atoms with Gasteiger partial charge in [-0.3, -0.25) is 14.5 Å². The summed E-state index contributed by atoms with van der Waals surface area (Å²) >= 11 is 0. The minimum absolute atomic E-state index is 0.0630. The van der Waals surface area contributed by atoms with Gasteiger partial charge in [-0.15, -0.1) is 0 Å². The molecular formula is C16H15N3O4S. The largest absolute Gasteiger partial charge is 0.505 e. The molecule has 124 valence electrons. The van der Waals surface area contributed by atoms with E-state index in [1.54, 1.807) is 42.5 Å². The number of carbonyl (C=O) groups excluding carboxylic acids is 1. The van der Waals surface area contributed by atoms with E-state index in [2.05, 4.69) is 0 Å². The summed E-state index contributed by atoms with van der Waals surface area (Å²) in [5.41, 5.74) is 2.22. The summed E-state index contributed by atoms with van der Waals surface area (Å²) in [6.07, 6.45) is 0. The van der Waals surface area contributed by atoms with Crippen LogP contribution in [0.3, 0.4) is 0 Å². The molecule has 0 fully saturated rings. The van der Waals surface area contributed by atoms with Crippen LogP contribution < -0.4 is 11.3 Å². The fraction of sp³-hybridized carbons (Fsp3) is 0.0625. The molecule has 0 atom stereocenters. The molecule has 0 saturated heterocycles. The first-order valence-electron chi connectivity index (χ1n) is 7.07. The average Bonchev–Trinajstić information content (AvgIpc) is 2.60. The van der Waals surface area contributed by atoms with Gasteiger partial charge >= 0.3 is 0 Å². The Labute approximate surface area is 139 Å². The Morgan fingerprint density at radius 2 is 1.71 bits per heavy atom. The van der Waals surface area contributed by atoms with Gasteiger partial charge in [-0.25, -0.2) is 14.3 Å². The summed E-state index contributed by atoms with van der Waals surface area (Å²) in [5, 5.41) is 10.5. The van der Waals surface area contributed by atoms with Crippen LogP contribution in [-0.4, -0.2) is 23.7 Å². The summed E-state index contributed by atoms with van der Waals surface area (Å²) in [6, 6.07) is 14.7. The van der Waals surface area contributed by atoms with E-state index in [1.807, 2.05) is 5.43 Å². The van der Waals surface area contributed by atoms with E-state index >= 15 is 0 Å². The number of benzene rings is 2. The fourth-order valence-electron chi connectivity index (χ4n) is 2.57. The highest BCUT2D eigenvalue weighted by molar-refractivity contribution is 7.89. The van der Waals surface area contributed by atoms with Gasteiger partial charge in [0.15, 0.2) is 11.5 Å². The molecule has 0 saturated carbocycles. The van der Waals surface area contributed by atoms with Gasteiger partial charge in [0.05, 0.1) is 11.4 Å². The zero-order valence-electron chi connectivity index (χ0n) is 12.5. The second-order valence-corrected chi connectivity index (χ2v) is 6.99. The number of amides is 1. The van der Waals surface area contributed by atoms with Gasteiger partial charge in [0, 0.05) is 5.56 Å². The monoisotopic (exact) mass is 345 g/mol. The molecule has 0 aromatic heterocycles. The number of aliphatic hydroxyl groups excluding tert-OH is 1. The Hall–Kier alpha value is -2.84. The van der Waals surface area contributed by atoms with Crippen LogP contribution in [0, 0.1) is 0 Å². The van der Waals surface area contributed by atoms with E-state index in [9.17, 15) is 18.3 Å². The van der Waals surface area contributed by atoms with Gasteiger partial charge in [0.2, 0.25) is 0 Å². The number of fused-ring (bicyclic) bond motifs is 1. The highest BCUT2D eigenvalue weighted by Crippen LogP contribution is 2.36. The third kappa shape index (κ3) is 2.51. The van der Waals surface area contributed by atoms with E-state index in [0.717, 1.165) is 4.31 Å². The lowest BCUT2D eigenvalue weighted by molar-refractivity contribution is -0.118. The normalized spacial score (nSPS) is 15.8. The molecule has 3 rings (SSSR count). The minimum atomic E-state index is -4.02. The van der Waals surface area contributed by atoms with Crippen molar-refractivity contribution in [2.24, 2.45) is 5.84 Å². The Morgan fingerprint density at radius 1 is 1.08 bits per heavy atom.